The summed E-state index contributed by atoms with van der Waals surface area (Å²) in [6, 6.07) is 8.68. The first-order chi connectivity index (χ1) is 11.7. The fourth-order valence-electron chi connectivity index (χ4n) is 1.98. The molecule has 2 N–H and O–H groups in total. The van der Waals surface area contributed by atoms with Gasteiger partial charge in [0.05, 0.1) is 7.11 Å². The molecule has 132 valence electrons. The van der Waals surface area contributed by atoms with E-state index in [9.17, 15) is 27.9 Å². The largest absolute Gasteiger partial charge is 0.573 e. The lowest BCUT2D eigenvalue weighted by atomic mass is 10.0. The Balaban J connectivity index is 2.33. The van der Waals surface area contributed by atoms with Crippen LogP contribution in [0.4, 0.5) is 18.9 Å². The highest BCUT2D eigenvalue weighted by molar-refractivity contribution is 6.37. The number of benzene rings is 2. The maximum absolute atomic E-state index is 12.2. The summed E-state index contributed by atoms with van der Waals surface area (Å²) in [6.45, 7) is 0. The number of aromatic hydroxyl groups is 1. The summed E-state index contributed by atoms with van der Waals surface area (Å²) in [5.74, 6) is -2.71. The van der Waals surface area contributed by atoms with E-state index in [-0.39, 0.29) is 17.0 Å². The Labute approximate surface area is 139 Å². The number of alkyl halides is 3. The molecule has 1 amide bonds. The zero-order valence-corrected chi connectivity index (χ0v) is 12.8. The van der Waals surface area contributed by atoms with E-state index in [4.69, 9.17) is 0 Å². The average molecular weight is 355 g/mol. The molecule has 0 bridgehead atoms. The third kappa shape index (κ3) is 4.87. The molecule has 0 aliphatic rings. The number of anilines is 1. The van der Waals surface area contributed by atoms with E-state index < -0.39 is 24.0 Å². The van der Waals surface area contributed by atoms with Gasteiger partial charge >= 0.3 is 18.2 Å². The molecule has 2 aromatic carbocycles. The summed E-state index contributed by atoms with van der Waals surface area (Å²) in [5.41, 5.74) is 0.832. The first-order valence-corrected chi connectivity index (χ1v) is 6.78. The second kappa shape index (κ2) is 7.12. The number of phenolic OH excluding ortho intramolecular Hbond substituents is 1. The van der Waals surface area contributed by atoms with E-state index in [1.807, 2.05) is 0 Å². The van der Waals surface area contributed by atoms with E-state index in [2.05, 4.69) is 14.8 Å². The van der Waals surface area contributed by atoms with Crippen LogP contribution in [0.15, 0.2) is 42.5 Å². The first kappa shape index (κ1) is 18.1. The second-order valence-corrected chi connectivity index (χ2v) is 4.75. The average Bonchev–Trinajstić information content (AvgIpc) is 2.55. The van der Waals surface area contributed by atoms with Crippen molar-refractivity contribution in [3.63, 3.8) is 0 Å². The maximum Gasteiger partial charge on any atom is 0.573 e. The van der Waals surface area contributed by atoms with Crippen molar-refractivity contribution >= 4 is 17.6 Å². The molecule has 25 heavy (non-hydrogen) atoms. The number of methoxy groups -OCH3 is 1. The van der Waals surface area contributed by atoms with Gasteiger partial charge in [0.1, 0.15) is 11.5 Å². The Morgan fingerprint density at radius 3 is 2.28 bits per heavy atom. The molecule has 0 saturated carbocycles. The number of phenols is 1. The van der Waals surface area contributed by atoms with Crippen molar-refractivity contribution in [2.75, 3.05) is 12.4 Å². The molecule has 0 aliphatic carbocycles. The quantitative estimate of drug-likeness (QED) is 0.502. The lowest BCUT2D eigenvalue weighted by molar-refractivity contribution is -0.274. The normalized spacial score (nSPS) is 10.9. The number of esters is 1. The standard InChI is InChI=1S/C16H12F3NO5/c1-24-15(23)14(22)20-13-7-4-10(21)8-12(13)9-2-5-11(6-3-9)25-16(17,18)19/h2-8,21H,1H3,(H,20,22). The molecule has 0 spiro atoms. The van der Waals surface area contributed by atoms with Gasteiger partial charge in [0.25, 0.3) is 0 Å². The first-order valence-electron chi connectivity index (χ1n) is 6.78. The molecule has 6 nitrogen and oxygen atoms in total. The van der Waals surface area contributed by atoms with Gasteiger partial charge in [-0.3, -0.25) is 4.79 Å². The Kier molecular flexibility index (Phi) is 5.16. The Morgan fingerprint density at radius 1 is 1.08 bits per heavy atom. The monoisotopic (exact) mass is 355 g/mol. The summed E-state index contributed by atoms with van der Waals surface area (Å²) in [4.78, 5) is 22.8. The topological polar surface area (TPSA) is 84.9 Å². The second-order valence-electron chi connectivity index (χ2n) is 4.75. The molecular formula is C16H12F3NO5. The highest BCUT2D eigenvalue weighted by Crippen LogP contribution is 2.33. The number of hydrogen-bond donors (Lipinski definition) is 2. The third-order valence-corrected chi connectivity index (χ3v) is 3.02. The fraction of sp³-hybridized carbons (Fsp3) is 0.125. The smallest absolute Gasteiger partial charge is 0.508 e. The zero-order valence-electron chi connectivity index (χ0n) is 12.8. The van der Waals surface area contributed by atoms with Crippen LogP contribution in [0.2, 0.25) is 0 Å². The minimum Gasteiger partial charge on any atom is -0.508 e. The number of halogens is 3. The van der Waals surface area contributed by atoms with Gasteiger partial charge < -0.3 is 19.9 Å². The van der Waals surface area contributed by atoms with Gasteiger partial charge in [-0.2, -0.15) is 0 Å². The van der Waals surface area contributed by atoms with Crippen LogP contribution in [-0.4, -0.2) is 30.5 Å². The van der Waals surface area contributed by atoms with Crippen LogP contribution in [0.25, 0.3) is 11.1 Å². The number of rotatable bonds is 3. The summed E-state index contributed by atoms with van der Waals surface area (Å²) < 4.78 is 44.6. The molecule has 0 aromatic heterocycles. The third-order valence-electron chi connectivity index (χ3n) is 3.02. The molecule has 0 radical (unpaired) electrons. The SMILES string of the molecule is COC(=O)C(=O)Nc1ccc(O)cc1-c1ccc(OC(F)(F)F)cc1. The summed E-state index contributed by atoms with van der Waals surface area (Å²) >= 11 is 0. The van der Waals surface area contributed by atoms with Gasteiger partial charge in [-0.25, -0.2) is 4.79 Å². The van der Waals surface area contributed by atoms with Gasteiger partial charge in [-0.1, -0.05) is 12.1 Å². The molecule has 0 saturated heterocycles. The van der Waals surface area contributed by atoms with Crippen molar-refractivity contribution in [3.05, 3.63) is 42.5 Å². The van der Waals surface area contributed by atoms with E-state index in [1.54, 1.807) is 0 Å². The highest BCUT2D eigenvalue weighted by atomic mass is 19.4. The van der Waals surface area contributed by atoms with Crippen molar-refractivity contribution in [2.45, 2.75) is 6.36 Å². The van der Waals surface area contributed by atoms with Crippen LogP contribution in [0.1, 0.15) is 0 Å². The van der Waals surface area contributed by atoms with Crippen molar-refractivity contribution in [2.24, 2.45) is 0 Å². The van der Waals surface area contributed by atoms with Crippen molar-refractivity contribution in [1.82, 2.24) is 0 Å². The summed E-state index contributed by atoms with van der Waals surface area (Å²) in [7, 11) is 1.04. The minimum atomic E-state index is -4.81. The van der Waals surface area contributed by atoms with Gasteiger partial charge in [0, 0.05) is 11.3 Å². The van der Waals surface area contributed by atoms with Crippen molar-refractivity contribution in [3.8, 4) is 22.6 Å². The maximum atomic E-state index is 12.2. The van der Waals surface area contributed by atoms with Gasteiger partial charge in [-0.05, 0) is 35.9 Å². The van der Waals surface area contributed by atoms with Crippen LogP contribution in [0, 0.1) is 0 Å². The number of nitrogens with one attached hydrogen (secondary N) is 1. The number of amides is 1. The van der Waals surface area contributed by atoms with E-state index in [0.29, 0.717) is 5.56 Å². The van der Waals surface area contributed by atoms with Crippen LogP contribution < -0.4 is 10.1 Å². The van der Waals surface area contributed by atoms with Crippen LogP contribution in [0.5, 0.6) is 11.5 Å². The Hall–Kier alpha value is -3.23. The molecule has 2 rings (SSSR count). The molecule has 0 aliphatic heterocycles. The molecule has 0 heterocycles. The number of carbonyl (C=O) groups excluding carboxylic acids is 2. The number of ether oxygens (including phenoxy) is 2. The Morgan fingerprint density at radius 2 is 1.72 bits per heavy atom. The summed E-state index contributed by atoms with van der Waals surface area (Å²) in [6.07, 6.45) is -4.81. The van der Waals surface area contributed by atoms with Crippen LogP contribution in [0.3, 0.4) is 0 Å². The van der Waals surface area contributed by atoms with Crippen LogP contribution in [-0.2, 0) is 14.3 Å². The predicted molar refractivity (Wildman–Crippen MR) is 80.9 cm³/mol. The van der Waals surface area contributed by atoms with Crippen LogP contribution >= 0.6 is 0 Å². The van der Waals surface area contributed by atoms with Crippen molar-refractivity contribution in [1.29, 1.82) is 0 Å². The minimum absolute atomic E-state index is 0.137. The van der Waals surface area contributed by atoms with Gasteiger partial charge in [0.15, 0.2) is 0 Å². The molecule has 0 fully saturated rings. The number of carbonyl (C=O) groups is 2. The molecule has 9 heteroatoms. The van der Waals surface area contributed by atoms with E-state index >= 15 is 0 Å². The van der Waals surface area contributed by atoms with E-state index in [1.165, 1.54) is 30.3 Å². The van der Waals surface area contributed by atoms with Crippen molar-refractivity contribution < 1.29 is 37.3 Å². The molecule has 0 atom stereocenters. The molecular weight excluding hydrogens is 343 g/mol. The zero-order chi connectivity index (χ0) is 18.6. The lowest BCUT2D eigenvalue weighted by Crippen LogP contribution is -2.24. The molecule has 2 aromatic rings. The van der Waals surface area contributed by atoms with Gasteiger partial charge in [0.2, 0.25) is 0 Å². The van der Waals surface area contributed by atoms with E-state index in [0.717, 1.165) is 19.2 Å². The summed E-state index contributed by atoms with van der Waals surface area (Å²) in [5, 5.41) is 11.9. The predicted octanol–water partition coefficient (Wildman–Crippen LogP) is 3.07. The lowest BCUT2D eigenvalue weighted by Gasteiger charge is -2.13. The highest BCUT2D eigenvalue weighted by Gasteiger charge is 2.31. The molecule has 0 unspecified atom stereocenters. The number of hydrogen-bond acceptors (Lipinski definition) is 5. The fourth-order valence-corrected chi connectivity index (χ4v) is 1.98. The van der Waals surface area contributed by atoms with Gasteiger partial charge in [-0.15, -0.1) is 13.2 Å². The Bertz CT molecular complexity index is 787.